The van der Waals surface area contributed by atoms with Crippen LogP contribution in [-0.2, 0) is 20.7 Å². The van der Waals surface area contributed by atoms with Crippen LogP contribution in [0.25, 0.3) is 0 Å². The fourth-order valence-electron chi connectivity index (χ4n) is 2.87. The van der Waals surface area contributed by atoms with Crippen LogP contribution in [0.1, 0.15) is 38.2 Å². The fourth-order valence-corrected chi connectivity index (χ4v) is 2.87. The molecule has 1 atom stereocenters. The Hall–Kier alpha value is -1.75. The molecule has 0 unspecified atom stereocenters. The van der Waals surface area contributed by atoms with Crippen LogP contribution in [0.2, 0.25) is 0 Å². The van der Waals surface area contributed by atoms with Gasteiger partial charge in [0.1, 0.15) is 6.61 Å². The van der Waals surface area contributed by atoms with E-state index in [4.69, 9.17) is 18.9 Å². The van der Waals surface area contributed by atoms with E-state index in [1.54, 1.807) is 0 Å². The van der Waals surface area contributed by atoms with Gasteiger partial charge in [0.25, 0.3) is 0 Å². The lowest BCUT2D eigenvalue weighted by Gasteiger charge is -2.22. The molecule has 0 radical (unpaired) electrons. The van der Waals surface area contributed by atoms with E-state index in [-0.39, 0.29) is 11.6 Å². The first kappa shape index (κ1) is 16.1. The lowest BCUT2D eigenvalue weighted by molar-refractivity contribution is -0.151. The number of hydrogen-bond acceptors (Lipinski definition) is 5. The molecule has 2 aliphatic rings. The molecule has 1 aromatic carbocycles. The Bertz CT molecular complexity index is 548. The average Bonchev–Trinajstić information content (AvgIpc) is 2.85. The van der Waals surface area contributed by atoms with Crippen LogP contribution in [-0.4, -0.2) is 38.0 Å². The molecule has 2 aliphatic heterocycles. The Morgan fingerprint density at radius 1 is 1.17 bits per heavy atom. The van der Waals surface area contributed by atoms with E-state index in [1.165, 1.54) is 0 Å². The van der Waals surface area contributed by atoms with Crippen LogP contribution in [0.3, 0.4) is 0 Å². The maximum atomic E-state index is 11.9. The van der Waals surface area contributed by atoms with Crippen molar-refractivity contribution in [2.24, 2.45) is 0 Å². The van der Waals surface area contributed by atoms with Crippen LogP contribution in [0.4, 0.5) is 0 Å². The minimum Gasteiger partial charge on any atom is -0.490 e. The first-order valence-electron chi connectivity index (χ1n) is 8.33. The molecule has 23 heavy (non-hydrogen) atoms. The molecule has 5 heteroatoms. The topological polar surface area (TPSA) is 54.0 Å². The molecule has 0 amide bonds. The summed E-state index contributed by atoms with van der Waals surface area (Å²) in [6, 6.07) is 5.84. The molecule has 1 saturated heterocycles. The van der Waals surface area contributed by atoms with Crippen LogP contribution >= 0.6 is 0 Å². The SMILES string of the molecule is C[C@@]1(COC(=O)CCc2ccc3c(c2)OCCCO3)CCCO1. The van der Waals surface area contributed by atoms with Gasteiger partial charge in [0.15, 0.2) is 11.5 Å². The number of ether oxygens (including phenoxy) is 4. The number of esters is 1. The van der Waals surface area contributed by atoms with Crippen LogP contribution in [0, 0.1) is 0 Å². The Balaban J connectivity index is 1.48. The Kier molecular flexibility index (Phi) is 5.06. The third-order valence-corrected chi connectivity index (χ3v) is 4.27. The summed E-state index contributed by atoms with van der Waals surface area (Å²) in [5, 5.41) is 0. The predicted octanol–water partition coefficient (Wildman–Crippen LogP) is 2.89. The van der Waals surface area contributed by atoms with Crippen molar-refractivity contribution < 1.29 is 23.7 Å². The Labute approximate surface area is 136 Å². The highest BCUT2D eigenvalue weighted by Crippen LogP contribution is 2.31. The van der Waals surface area contributed by atoms with Gasteiger partial charge in [0.05, 0.1) is 18.8 Å². The highest BCUT2D eigenvalue weighted by molar-refractivity contribution is 5.69. The summed E-state index contributed by atoms with van der Waals surface area (Å²) in [4.78, 5) is 11.9. The van der Waals surface area contributed by atoms with Crippen LogP contribution in [0.5, 0.6) is 11.5 Å². The van der Waals surface area contributed by atoms with Gasteiger partial charge in [-0.05, 0) is 43.9 Å². The second kappa shape index (κ2) is 7.21. The van der Waals surface area contributed by atoms with Gasteiger partial charge in [-0.15, -0.1) is 0 Å². The van der Waals surface area contributed by atoms with E-state index in [2.05, 4.69) is 0 Å². The molecule has 0 aromatic heterocycles. The van der Waals surface area contributed by atoms with Gasteiger partial charge in [-0.2, -0.15) is 0 Å². The standard InChI is InChI=1S/C18H24O5/c1-18(8-2-11-23-18)13-22-17(19)7-5-14-4-6-15-16(12-14)21-10-3-9-20-15/h4,6,12H,2-3,5,7-11,13H2,1H3/t18-/m0/s1. The zero-order valence-electron chi connectivity index (χ0n) is 13.6. The minimum absolute atomic E-state index is 0.186. The largest absolute Gasteiger partial charge is 0.490 e. The van der Waals surface area contributed by atoms with Crippen LogP contribution in [0.15, 0.2) is 18.2 Å². The molecular formula is C18H24O5. The van der Waals surface area contributed by atoms with E-state index in [9.17, 15) is 4.79 Å². The first-order chi connectivity index (χ1) is 11.1. The molecule has 3 rings (SSSR count). The lowest BCUT2D eigenvalue weighted by Crippen LogP contribution is -2.31. The summed E-state index contributed by atoms with van der Waals surface area (Å²) in [5.74, 6) is 1.36. The van der Waals surface area contributed by atoms with Gasteiger partial charge < -0.3 is 18.9 Å². The highest BCUT2D eigenvalue weighted by atomic mass is 16.6. The summed E-state index contributed by atoms with van der Waals surface area (Å²) in [6.45, 7) is 4.44. The van der Waals surface area contributed by atoms with Gasteiger partial charge in [-0.1, -0.05) is 6.07 Å². The number of carbonyl (C=O) groups is 1. The van der Waals surface area contributed by atoms with E-state index in [0.717, 1.165) is 42.9 Å². The first-order valence-corrected chi connectivity index (χ1v) is 8.33. The number of carbonyl (C=O) groups excluding carboxylic acids is 1. The summed E-state index contributed by atoms with van der Waals surface area (Å²) in [5.41, 5.74) is 0.750. The van der Waals surface area contributed by atoms with E-state index < -0.39 is 0 Å². The smallest absolute Gasteiger partial charge is 0.306 e. The highest BCUT2D eigenvalue weighted by Gasteiger charge is 2.31. The molecule has 0 saturated carbocycles. The summed E-state index contributed by atoms with van der Waals surface area (Å²) < 4.78 is 22.3. The summed E-state index contributed by atoms with van der Waals surface area (Å²) in [7, 11) is 0. The van der Waals surface area contributed by atoms with Crippen molar-refractivity contribution >= 4 is 5.97 Å². The summed E-state index contributed by atoms with van der Waals surface area (Å²) in [6.07, 6.45) is 3.85. The lowest BCUT2D eigenvalue weighted by atomic mass is 10.0. The molecule has 0 N–H and O–H groups in total. The molecule has 1 fully saturated rings. The Morgan fingerprint density at radius 2 is 2.00 bits per heavy atom. The van der Waals surface area contributed by atoms with Crippen molar-refractivity contribution in [2.45, 2.75) is 44.6 Å². The van der Waals surface area contributed by atoms with E-state index in [0.29, 0.717) is 32.7 Å². The number of aryl methyl sites for hydroxylation is 1. The molecule has 0 spiro atoms. The van der Waals surface area contributed by atoms with Crippen molar-refractivity contribution in [1.29, 1.82) is 0 Å². The van der Waals surface area contributed by atoms with Gasteiger partial charge in [0, 0.05) is 19.4 Å². The van der Waals surface area contributed by atoms with Crippen molar-refractivity contribution in [3.63, 3.8) is 0 Å². The van der Waals surface area contributed by atoms with Gasteiger partial charge >= 0.3 is 5.97 Å². The van der Waals surface area contributed by atoms with Crippen molar-refractivity contribution in [3.8, 4) is 11.5 Å². The van der Waals surface area contributed by atoms with E-state index in [1.807, 2.05) is 25.1 Å². The minimum atomic E-state index is -0.301. The normalized spacial score (nSPS) is 23.3. The molecule has 126 valence electrons. The predicted molar refractivity (Wildman–Crippen MR) is 84.9 cm³/mol. The van der Waals surface area contributed by atoms with Crippen LogP contribution < -0.4 is 9.47 Å². The summed E-state index contributed by atoms with van der Waals surface area (Å²) >= 11 is 0. The quantitative estimate of drug-likeness (QED) is 0.781. The average molecular weight is 320 g/mol. The molecule has 2 heterocycles. The molecule has 0 aliphatic carbocycles. The molecule has 5 nitrogen and oxygen atoms in total. The van der Waals surface area contributed by atoms with Gasteiger partial charge in [0.2, 0.25) is 0 Å². The monoisotopic (exact) mass is 320 g/mol. The maximum absolute atomic E-state index is 11.9. The number of rotatable bonds is 5. The maximum Gasteiger partial charge on any atom is 0.306 e. The molecule has 0 bridgehead atoms. The molecular weight excluding hydrogens is 296 g/mol. The number of hydrogen-bond donors (Lipinski definition) is 0. The second-order valence-electron chi connectivity index (χ2n) is 6.39. The van der Waals surface area contributed by atoms with E-state index >= 15 is 0 Å². The second-order valence-corrected chi connectivity index (χ2v) is 6.39. The zero-order valence-corrected chi connectivity index (χ0v) is 13.6. The molecule has 1 aromatic rings. The van der Waals surface area contributed by atoms with Crippen molar-refractivity contribution in [2.75, 3.05) is 26.4 Å². The third kappa shape index (κ3) is 4.38. The fraction of sp³-hybridized carbons (Fsp3) is 0.611. The Morgan fingerprint density at radius 3 is 2.78 bits per heavy atom. The van der Waals surface area contributed by atoms with Gasteiger partial charge in [-0.3, -0.25) is 4.79 Å². The third-order valence-electron chi connectivity index (χ3n) is 4.27. The zero-order chi connectivity index (χ0) is 16.1. The number of fused-ring (bicyclic) bond motifs is 1. The number of benzene rings is 1. The van der Waals surface area contributed by atoms with Crippen molar-refractivity contribution in [1.82, 2.24) is 0 Å². The van der Waals surface area contributed by atoms with Gasteiger partial charge in [-0.25, -0.2) is 0 Å². The van der Waals surface area contributed by atoms with Crippen molar-refractivity contribution in [3.05, 3.63) is 23.8 Å².